The van der Waals surface area contributed by atoms with Crippen LogP contribution in [-0.2, 0) is 25.8 Å². The summed E-state index contributed by atoms with van der Waals surface area (Å²) in [6.45, 7) is 1.46. The quantitative estimate of drug-likeness (QED) is 0.760. The molecule has 1 aliphatic carbocycles. The number of rotatable bonds is 6. The molecule has 0 N–H and O–H groups in total. The lowest BCUT2D eigenvalue weighted by atomic mass is 9.72. The van der Waals surface area contributed by atoms with Crippen LogP contribution in [0, 0.1) is 5.92 Å². The van der Waals surface area contributed by atoms with Crippen molar-refractivity contribution in [1.29, 1.82) is 0 Å². The van der Waals surface area contributed by atoms with E-state index in [0.717, 1.165) is 5.56 Å². The van der Waals surface area contributed by atoms with Crippen molar-refractivity contribution in [2.45, 2.75) is 48.7 Å². The van der Waals surface area contributed by atoms with Gasteiger partial charge in [0.25, 0.3) is 0 Å². The predicted molar refractivity (Wildman–Crippen MR) is 104 cm³/mol. The van der Waals surface area contributed by atoms with Gasteiger partial charge in [-0.1, -0.05) is 48.5 Å². The van der Waals surface area contributed by atoms with Gasteiger partial charge in [0.1, 0.15) is 10.5 Å². The van der Waals surface area contributed by atoms with Gasteiger partial charge >= 0.3 is 0 Å². The summed E-state index contributed by atoms with van der Waals surface area (Å²) in [5, 5.41) is 0. The first-order chi connectivity index (χ1) is 12.9. The zero-order chi connectivity index (χ0) is 19.5. The Morgan fingerprint density at radius 1 is 1.04 bits per heavy atom. The molecule has 4 nitrogen and oxygen atoms in total. The lowest BCUT2D eigenvalue weighted by Crippen LogP contribution is -2.56. The molecule has 27 heavy (non-hydrogen) atoms. The van der Waals surface area contributed by atoms with Crippen molar-refractivity contribution >= 4 is 21.4 Å². The lowest BCUT2D eigenvalue weighted by molar-refractivity contribution is -0.126. The fourth-order valence-electron chi connectivity index (χ4n) is 4.21. The second-order valence-corrected chi connectivity index (χ2v) is 9.49. The van der Waals surface area contributed by atoms with Crippen molar-refractivity contribution in [3.63, 3.8) is 0 Å². The van der Waals surface area contributed by atoms with E-state index in [9.17, 15) is 18.0 Å². The van der Waals surface area contributed by atoms with Crippen LogP contribution in [0.25, 0.3) is 0 Å². The molecule has 1 fully saturated rings. The summed E-state index contributed by atoms with van der Waals surface area (Å²) in [7, 11) is -3.97. The number of Topliss-reactive ketones (excluding diaryl/α,β-unsaturated/α-hetero) is 2. The molecule has 0 unspecified atom stereocenters. The van der Waals surface area contributed by atoms with Crippen molar-refractivity contribution in [3.05, 3.63) is 66.2 Å². The summed E-state index contributed by atoms with van der Waals surface area (Å²) < 4.78 is 26.0. The van der Waals surface area contributed by atoms with Crippen LogP contribution in [-0.4, -0.2) is 24.7 Å². The molecule has 3 rings (SSSR count). The molecule has 0 aliphatic heterocycles. The second-order valence-electron chi connectivity index (χ2n) is 7.29. The Kier molecular flexibility index (Phi) is 5.61. The molecule has 2 aromatic carbocycles. The third-order valence-corrected chi connectivity index (χ3v) is 8.02. The van der Waals surface area contributed by atoms with Crippen LogP contribution >= 0.6 is 0 Å². The number of carbonyl (C=O) groups is 2. The van der Waals surface area contributed by atoms with E-state index in [1.807, 2.05) is 30.3 Å². The fourth-order valence-corrected chi connectivity index (χ4v) is 6.55. The summed E-state index contributed by atoms with van der Waals surface area (Å²) >= 11 is 0. The zero-order valence-corrected chi connectivity index (χ0v) is 16.2. The van der Waals surface area contributed by atoms with Crippen LogP contribution < -0.4 is 0 Å². The Morgan fingerprint density at radius 2 is 1.63 bits per heavy atom. The summed E-state index contributed by atoms with van der Waals surface area (Å²) in [5.74, 6) is -0.871. The average Bonchev–Trinajstić information content (AvgIpc) is 2.65. The molecule has 0 amide bonds. The molecule has 0 aromatic heterocycles. The largest absolute Gasteiger partial charge is 0.300 e. The highest BCUT2D eigenvalue weighted by molar-refractivity contribution is 7.93. The molecule has 0 saturated heterocycles. The fraction of sp³-hybridized carbons (Fsp3) is 0.364. The standard InChI is InChI=1S/C22H24O4S/c1-17(23)15-19-11-8-14-21(24)22(19,16-18-9-4-2-5-10-18)27(25,26)20-12-6-3-7-13-20/h2-7,9-10,12-13,19H,8,11,14-16H2,1H3/t19-,22-/m1/s1. The summed E-state index contributed by atoms with van der Waals surface area (Å²) in [6.07, 6.45) is 1.61. The summed E-state index contributed by atoms with van der Waals surface area (Å²) in [5.41, 5.74) is 0.792. The highest BCUT2D eigenvalue weighted by atomic mass is 32.2. The SMILES string of the molecule is CC(=O)C[C@H]1CCCC(=O)[C@]1(Cc1ccccc1)S(=O)(=O)c1ccccc1. The Hall–Kier alpha value is -2.27. The van der Waals surface area contributed by atoms with E-state index in [2.05, 4.69) is 0 Å². The lowest BCUT2D eigenvalue weighted by Gasteiger charge is -2.42. The molecular weight excluding hydrogens is 360 g/mol. The van der Waals surface area contributed by atoms with Crippen molar-refractivity contribution in [2.24, 2.45) is 5.92 Å². The third-order valence-electron chi connectivity index (χ3n) is 5.46. The van der Waals surface area contributed by atoms with Crippen LogP contribution in [0.3, 0.4) is 0 Å². The van der Waals surface area contributed by atoms with E-state index in [-0.39, 0.29) is 35.7 Å². The maximum absolute atomic E-state index is 13.8. The normalized spacial score (nSPS) is 23.1. The van der Waals surface area contributed by atoms with Gasteiger partial charge in [0.2, 0.25) is 0 Å². The summed E-state index contributed by atoms with van der Waals surface area (Å²) in [6, 6.07) is 17.4. The average molecular weight is 384 g/mol. The van der Waals surface area contributed by atoms with Crippen molar-refractivity contribution in [3.8, 4) is 0 Å². The molecule has 2 aromatic rings. The van der Waals surface area contributed by atoms with E-state index in [0.29, 0.717) is 12.8 Å². The Morgan fingerprint density at radius 3 is 2.22 bits per heavy atom. The van der Waals surface area contributed by atoms with E-state index in [1.165, 1.54) is 19.1 Å². The minimum Gasteiger partial charge on any atom is -0.300 e. The van der Waals surface area contributed by atoms with Gasteiger partial charge in [0, 0.05) is 12.8 Å². The number of carbonyl (C=O) groups excluding carboxylic acids is 2. The maximum atomic E-state index is 13.8. The minimum absolute atomic E-state index is 0.0876. The smallest absolute Gasteiger partial charge is 0.191 e. The second kappa shape index (κ2) is 7.77. The van der Waals surface area contributed by atoms with E-state index >= 15 is 0 Å². The van der Waals surface area contributed by atoms with Crippen LogP contribution in [0.4, 0.5) is 0 Å². The predicted octanol–water partition coefficient (Wildman–Crippen LogP) is 3.79. The van der Waals surface area contributed by atoms with E-state index in [1.54, 1.807) is 18.2 Å². The van der Waals surface area contributed by atoms with Crippen LogP contribution in [0.15, 0.2) is 65.6 Å². The molecular formula is C22H24O4S. The molecule has 1 aliphatic rings. The van der Waals surface area contributed by atoms with Crippen molar-refractivity contribution in [1.82, 2.24) is 0 Å². The Labute approximate surface area is 160 Å². The Bertz CT molecular complexity index is 919. The van der Waals surface area contributed by atoms with Gasteiger partial charge in [-0.05, 0) is 49.8 Å². The molecule has 0 heterocycles. The van der Waals surface area contributed by atoms with Gasteiger partial charge in [-0.15, -0.1) is 0 Å². The van der Waals surface area contributed by atoms with E-state index < -0.39 is 20.5 Å². The molecule has 1 saturated carbocycles. The highest BCUT2D eigenvalue weighted by Gasteiger charge is 2.57. The van der Waals surface area contributed by atoms with Gasteiger partial charge in [0.05, 0.1) is 4.90 Å². The first-order valence-electron chi connectivity index (χ1n) is 9.24. The molecule has 142 valence electrons. The zero-order valence-electron chi connectivity index (χ0n) is 15.4. The first-order valence-corrected chi connectivity index (χ1v) is 10.7. The van der Waals surface area contributed by atoms with Crippen molar-refractivity contribution < 1.29 is 18.0 Å². The maximum Gasteiger partial charge on any atom is 0.191 e. The van der Waals surface area contributed by atoms with Crippen molar-refractivity contribution in [2.75, 3.05) is 0 Å². The molecule has 0 bridgehead atoms. The minimum atomic E-state index is -3.97. The molecule has 5 heteroatoms. The van der Waals surface area contributed by atoms with Gasteiger partial charge in [0.15, 0.2) is 15.6 Å². The molecule has 2 atom stereocenters. The van der Waals surface area contributed by atoms with Crippen LogP contribution in [0.2, 0.25) is 0 Å². The topological polar surface area (TPSA) is 68.3 Å². The number of benzene rings is 2. The molecule has 0 radical (unpaired) electrons. The van der Waals surface area contributed by atoms with Gasteiger partial charge in [-0.2, -0.15) is 0 Å². The van der Waals surface area contributed by atoms with Crippen LogP contribution in [0.1, 0.15) is 38.2 Å². The van der Waals surface area contributed by atoms with E-state index in [4.69, 9.17) is 0 Å². The summed E-state index contributed by atoms with van der Waals surface area (Å²) in [4.78, 5) is 25.3. The molecule has 0 spiro atoms. The number of hydrogen-bond donors (Lipinski definition) is 0. The highest BCUT2D eigenvalue weighted by Crippen LogP contribution is 2.45. The van der Waals surface area contributed by atoms with Crippen LogP contribution in [0.5, 0.6) is 0 Å². The number of sulfone groups is 1. The first kappa shape index (κ1) is 19.5. The Balaban J connectivity index is 2.21. The monoisotopic (exact) mass is 384 g/mol. The van der Waals surface area contributed by atoms with Gasteiger partial charge < -0.3 is 4.79 Å². The van der Waals surface area contributed by atoms with Gasteiger partial charge in [-0.25, -0.2) is 8.42 Å². The number of ketones is 2. The van der Waals surface area contributed by atoms with Gasteiger partial charge in [-0.3, -0.25) is 4.79 Å². The number of hydrogen-bond acceptors (Lipinski definition) is 4. The third kappa shape index (κ3) is 3.61.